The molecule has 1 heterocycles. The van der Waals surface area contributed by atoms with Crippen molar-refractivity contribution in [3.8, 4) is 0 Å². The maximum Gasteiger partial charge on any atom is 0.422 e. The van der Waals surface area contributed by atoms with Crippen molar-refractivity contribution in [3.05, 3.63) is 64.9 Å². The Hall–Kier alpha value is -1.59. The number of alkyl halides is 3. The Morgan fingerprint density at radius 3 is 2.43 bits per heavy atom. The van der Waals surface area contributed by atoms with Crippen LogP contribution in [-0.2, 0) is 5.60 Å². The van der Waals surface area contributed by atoms with Crippen LogP contribution >= 0.6 is 11.6 Å². The quantitative estimate of drug-likeness (QED) is 0.916. The van der Waals surface area contributed by atoms with Crippen molar-refractivity contribution >= 4 is 11.6 Å². The SMILES string of the molecule is CC(c1cccc(Cl)c1)C(O)(c1cccnc1)C(F)(F)F. The van der Waals surface area contributed by atoms with Crippen LogP contribution in [0, 0.1) is 0 Å². The fourth-order valence-corrected chi connectivity index (χ4v) is 2.46. The van der Waals surface area contributed by atoms with Crippen LogP contribution in [0.2, 0.25) is 5.02 Å². The highest BCUT2D eigenvalue weighted by molar-refractivity contribution is 6.30. The smallest absolute Gasteiger partial charge is 0.376 e. The van der Waals surface area contributed by atoms with Gasteiger partial charge in [0.05, 0.1) is 0 Å². The normalized spacial score (nSPS) is 16.3. The summed E-state index contributed by atoms with van der Waals surface area (Å²) in [6.07, 6.45) is -2.48. The van der Waals surface area contributed by atoms with Crippen molar-refractivity contribution in [2.75, 3.05) is 0 Å². The van der Waals surface area contributed by atoms with E-state index in [-0.39, 0.29) is 5.56 Å². The van der Waals surface area contributed by atoms with Gasteiger partial charge >= 0.3 is 6.18 Å². The van der Waals surface area contributed by atoms with Gasteiger partial charge in [0.15, 0.2) is 5.60 Å². The molecule has 2 unspecified atom stereocenters. The average molecular weight is 316 g/mol. The van der Waals surface area contributed by atoms with Crippen LogP contribution in [0.25, 0.3) is 0 Å². The largest absolute Gasteiger partial charge is 0.422 e. The first-order valence-electron chi connectivity index (χ1n) is 6.22. The topological polar surface area (TPSA) is 33.1 Å². The summed E-state index contributed by atoms with van der Waals surface area (Å²) in [7, 11) is 0. The maximum absolute atomic E-state index is 13.5. The summed E-state index contributed by atoms with van der Waals surface area (Å²) in [5.74, 6) is -1.24. The van der Waals surface area contributed by atoms with E-state index in [1.165, 1.54) is 37.4 Å². The summed E-state index contributed by atoms with van der Waals surface area (Å²) < 4.78 is 40.5. The van der Waals surface area contributed by atoms with Crippen molar-refractivity contribution < 1.29 is 18.3 Å². The van der Waals surface area contributed by atoms with Gasteiger partial charge in [0.25, 0.3) is 0 Å². The Labute approximate surface area is 125 Å². The molecule has 1 N–H and O–H groups in total. The number of rotatable bonds is 3. The van der Waals surface area contributed by atoms with Crippen LogP contribution in [0.1, 0.15) is 24.0 Å². The zero-order chi connectivity index (χ0) is 15.7. The molecule has 1 aromatic carbocycles. The second-order valence-electron chi connectivity index (χ2n) is 4.78. The van der Waals surface area contributed by atoms with E-state index in [4.69, 9.17) is 11.6 Å². The Balaban J connectivity index is 2.56. The first-order chi connectivity index (χ1) is 9.76. The molecule has 2 rings (SSSR count). The lowest BCUT2D eigenvalue weighted by Crippen LogP contribution is -2.46. The second-order valence-corrected chi connectivity index (χ2v) is 5.22. The number of benzene rings is 1. The molecule has 0 saturated heterocycles. The van der Waals surface area contributed by atoms with Gasteiger partial charge in [0, 0.05) is 28.9 Å². The third-order valence-electron chi connectivity index (χ3n) is 3.51. The molecule has 0 radical (unpaired) electrons. The third kappa shape index (κ3) is 2.89. The van der Waals surface area contributed by atoms with Crippen LogP contribution in [0.4, 0.5) is 13.2 Å². The van der Waals surface area contributed by atoms with E-state index < -0.39 is 17.7 Å². The molecule has 0 fully saturated rings. The standard InChI is InChI=1S/C15H13ClF3NO/c1-10(11-4-2-6-13(16)8-11)14(21,15(17,18)19)12-5-3-7-20-9-12/h2-10,21H,1H3. The summed E-state index contributed by atoms with van der Waals surface area (Å²) >= 11 is 5.82. The molecule has 2 nitrogen and oxygen atoms in total. The Kier molecular flexibility index (Phi) is 4.25. The van der Waals surface area contributed by atoms with E-state index in [0.29, 0.717) is 10.6 Å². The Morgan fingerprint density at radius 1 is 1.19 bits per heavy atom. The van der Waals surface area contributed by atoms with Crippen molar-refractivity contribution in [2.45, 2.75) is 24.6 Å². The minimum absolute atomic E-state index is 0.297. The number of aromatic nitrogens is 1. The van der Waals surface area contributed by atoms with Gasteiger partial charge < -0.3 is 5.11 Å². The number of hydrogen-bond acceptors (Lipinski definition) is 2. The fourth-order valence-electron chi connectivity index (χ4n) is 2.26. The summed E-state index contributed by atoms with van der Waals surface area (Å²) in [6.45, 7) is 1.31. The first kappa shape index (κ1) is 15.8. The molecule has 1 aromatic heterocycles. The van der Waals surface area contributed by atoms with Crippen LogP contribution in [-0.4, -0.2) is 16.3 Å². The van der Waals surface area contributed by atoms with E-state index in [1.54, 1.807) is 12.1 Å². The van der Waals surface area contributed by atoms with E-state index >= 15 is 0 Å². The molecule has 0 spiro atoms. The molecule has 6 heteroatoms. The molecule has 0 aliphatic carbocycles. The molecule has 0 saturated carbocycles. The van der Waals surface area contributed by atoms with Crippen LogP contribution in [0.3, 0.4) is 0 Å². The summed E-state index contributed by atoms with van der Waals surface area (Å²) in [5.41, 5.74) is -3.04. The minimum atomic E-state index is -4.85. The molecule has 0 aliphatic heterocycles. The Bertz CT molecular complexity index is 618. The van der Waals surface area contributed by atoms with Gasteiger partial charge in [-0.25, -0.2) is 0 Å². The lowest BCUT2D eigenvalue weighted by atomic mass is 9.78. The van der Waals surface area contributed by atoms with Crippen LogP contribution in [0.5, 0.6) is 0 Å². The third-order valence-corrected chi connectivity index (χ3v) is 3.74. The fraction of sp³-hybridized carbons (Fsp3) is 0.267. The van der Waals surface area contributed by atoms with Gasteiger partial charge in [-0.1, -0.05) is 36.7 Å². The van der Waals surface area contributed by atoms with Gasteiger partial charge in [0.2, 0.25) is 0 Å². The molecule has 21 heavy (non-hydrogen) atoms. The van der Waals surface area contributed by atoms with Gasteiger partial charge in [-0.2, -0.15) is 13.2 Å². The second kappa shape index (κ2) is 5.66. The number of pyridine rings is 1. The highest BCUT2D eigenvalue weighted by Crippen LogP contribution is 2.48. The van der Waals surface area contributed by atoms with Crippen molar-refractivity contribution in [2.24, 2.45) is 0 Å². The van der Waals surface area contributed by atoms with E-state index in [2.05, 4.69) is 4.98 Å². The number of halogens is 4. The molecule has 0 amide bonds. The Morgan fingerprint density at radius 2 is 1.90 bits per heavy atom. The van der Waals surface area contributed by atoms with Crippen LogP contribution < -0.4 is 0 Å². The highest BCUT2D eigenvalue weighted by atomic mass is 35.5. The molecule has 2 atom stereocenters. The van der Waals surface area contributed by atoms with Crippen molar-refractivity contribution in [1.29, 1.82) is 0 Å². The lowest BCUT2D eigenvalue weighted by Gasteiger charge is -2.36. The van der Waals surface area contributed by atoms with Crippen LogP contribution in [0.15, 0.2) is 48.8 Å². The average Bonchev–Trinajstić information content (AvgIpc) is 2.45. The van der Waals surface area contributed by atoms with Crippen molar-refractivity contribution in [3.63, 3.8) is 0 Å². The van der Waals surface area contributed by atoms with Gasteiger partial charge in [0.1, 0.15) is 0 Å². The molecular weight excluding hydrogens is 303 g/mol. The van der Waals surface area contributed by atoms with E-state index in [1.807, 2.05) is 0 Å². The lowest BCUT2D eigenvalue weighted by molar-refractivity contribution is -0.274. The predicted octanol–water partition coefficient (Wildman–Crippen LogP) is 4.29. The first-order valence-corrected chi connectivity index (χ1v) is 6.59. The number of hydrogen-bond donors (Lipinski definition) is 1. The van der Waals surface area contributed by atoms with Gasteiger partial charge in [-0.05, 0) is 23.8 Å². The van der Waals surface area contributed by atoms with E-state index in [9.17, 15) is 18.3 Å². The zero-order valence-corrected chi connectivity index (χ0v) is 11.9. The monoisotopic (exact) mass is 315 g/mol. The maximum atomic E-state index is 13.5. The molecular formula is C15H13ClF3NO. The predicted molar refractivity (Wildman–Crippen MR) is 74.1 cm³/mol. The molecule has 0 aliphatic rings. The summed E-state index contributed by atoms with van der Waals surface area (Å²) in [6, 6.07) is 8.60. The summed E-state index contributed by atoms with van der Waals surface area (Å²) in [4.78, 5) is 3.67. The van der Waals surface area contributed by atoms with Crippen molar-refractivity contribution in [1.82, 2.24) is 4.98 Å². The summed E-state index contributed by atoms with van der Waals surface area (Å²) in [5, 5.41) is 10.7. The molecule has 112 valence electrons. The van der Waals surface area contributed by atoms with Gasteiger partial charge in [-0.15, -0.1) is 0 Å². The number of nitrogens with zero attached hydrogens (tertiary/aromatic N) is 1. The van der Waals surface area contributed by atoms with E-state index in [0.717, 1.165) is 6.20 Å². The number of aliphatic hydroxyl groups is 1. The molecule has 0 bridgehead atoms. The van der Waals surface area contributed by atoms with Gasteiger partial charge in [-0.3, -0.25) is 4.98 Å². The minimum Gasteiger partial charge on any atom is -0.376 e. The zero-order valence-electron chi connectivity index (χ0n) is 11.1. The molecule has 2 aromatic rings. The highest BCUT2D eigenvalue weighted by Gasteiger charge is 2.58.